The second-order valence-electron chi connectivity index (χ2n) is 4.73. The van der Waals surface area contributed by atoms with Gasteiger partial charge in [0.2, 0.25) is 0 Å². The van der Waals surface area contributed by atoms with Gasteiger partial charge in [-0.3, -0.25) is 4.68 Å². The van der Waals surface area contributed by atoms with E-state index < -0.39 is 0 Å². The van der Waals surface area contributed by atoms with Crippen LogP contribution in [0.1, 0.15) is 28.4 Å². The minimum absolute atomic E-state index is 0.280. The fourth-order valence-electron chi connectivity index (χ4n) is 2.42. The van der Waals surface area contributed by atoms with Crippen molar-refractivity contribution in [2.45, 2.75) is 26.3 Å². The first-order valence-electron chi connectivity index (χ1n) is 6.20. The zero-order valence-electron chi connectivity index (χ0n) is 11.4. The van der Waals surface area contributed by atoms with E-state index in [0.29, 0.717) is 0 Å². The molecule has 0 aliphatic heterocycles. The molecule has 2 aromatic rings. The second-order valence-corrected chi connectivity index (χ2v) is 4.73. The Hall–Kier alpha value is -1.68. The summed E-state index contributed by atoms with van der Waals surface area (Å²) in [5, 5.41) is 11.5. The molecule has 0 saturated carbocycles. The lowest BCUT2D eigenvalue weighted by atomic mass is 9.93. The van der Waals surface area contributed by atoms with Crippen LogP contribution >= 0.6 is 0 Å². The van der Waals surface area contributed by atoms with Gasteiger partial charge in [-0.05, 0) is 37.6 Å². The van der Waals surface area contributed by atoms with Crippen LogP contribution in [0.4, 0.5) is 0 Å². The molecule has 1 atom stereocenters. The van der Waals surface area contributed by atoms with Crippen LogP contribution in [0, 0.1) is 13.8 Å². The van der Waals surface area contributed by atoms with Gasteiger partial charge in [0.15, 0.2) is 0 Å². The molecule has 1 aromatic heterocycles. The first-order valence-corrected chi connectivity index (χ1v) is 6.20. The number of hydrogen-bond acceptors (Lipinski definition) is 3. The maximum absolute atomic E-state index is 4.16. The van der Waals surface area contributed by atoms with Gasteiger partial charge in [-0.15, -0.1) is 5.10 Å². The van der Waals surface area contributed by atoms with Gasteiger partial charge in [-0.2, -0.15) is 0 Å². The van der Waals surface area contributed by atoms with Crippen LogP contribution < -0.4 is 5.32 Å². The molecule has 0 bridgehead atoms. The lowest BCUT2D eigenvalue weighted by Gasteiger charge is -2.20. The van der Waals surface area contributed by atoms with E-state index in [1.54, 1.807) is 4.68 Å². The highest BCUT2D eigenvalue weighted by Gasteiger charge is 2.16. The molecule has 4 heteroatoms. The number of hydrogen-bond donors (Lipinski definition) is 1. The zero-order valence-corrected chi connectivity index (χ0v) is 11.4. The Kier molecular flexibility index (Phi) is 3.77. The third kappa shape index (κ3) is 2.59. The summed E-state index contributed by atoms with van der Waals surface area (Å²) >= 11 is 0. The van der Waals surface area contributed by atoms with Crippen LogP contribution in [-0.4, -0.2) is 22.0 Å². The summed E-state index contributed by atoms with van der Waals surface area (Å²) in [5.74, 6) is 0. The Balaban J connectivity index is 2.28. The van der Waals surface area contributed by atoms with E-state index in [-0.39, 0.29) is 6.04 Å². The van der Waals surface area contributed by atoms with Gasteiger partial charge >= 0.3 is 0 Å². The normalized spacial score (nSPS) is 12.7. The van der Waals surface area contributed by atoms with Gasteiger partial charge in [-0.25, -0.2) is 0 Å². The number of benzene rings is 1. The summed E-state index contributed by atoms with van der Waals surface area (Å²) in [7, 11) is 3.89. The number of likely N-dealkylation sites (N-methyl/N-ethyl adjacent to an activating group) is 1. The van der Waals surface area contributed by atoms with Gasteiger partial charge in [0.1, 0.15) is 0 Å². The molecular weight excluding hydrogens is 224 g/mol. The van der Waals surface area contributed by atoms with Crippen molar-refractivity contribution in [2.75, 3.05) is 7.05 Å². The summed E-state index contributed by atoms with van der Waals surface area (Å²) in [6, 6.07) is 6.69. The summed E-state index contributed by atoms with van der Waals surface area (Å²) in [6.45, 7) is 4.31. The van der Waals surface area contributed by atoms with Gasteiger partial charge in [0, 0.05) is 25.7 Å². The third-order valence-corrected chi connectivity index (χ3v) is 3.30. The molecule has 0 fully saturated rings. The Morgan fingerprint density at radius 2 is 1.94 bits per heavy atom. The molecular formula is C14H20N4. The van der Waals surface area contributed by atoms with E-state index in [9.17, 15) is 0 Å². The first kappa shape index (κ1) is 12.8. The molecule has 96 valence electrons. The van der Waals surface area contributed by atoms with Crippen LogP contribution in [0.15, 0.2) is 24.4 Å². The SMILES string of the molecule is CNC(Cc1cn(C)nn1)c1c(C)cccc1C. The van der Waals surface area contributed by atoms with Gasteiger partial charge in [-0.1, -0.05) is 23.4 Å². The van der Waals surface area contributed by atoms with E-state index in [0.717, 1.165) is 12.1 Å². The molecule has 0 saturated heterocycles. The largest absolute Gasteiger partial charge is 0.313 e. The van der Waals surface area contributed by atoms with E-state index in [1.807, 2.05) is 20.3 Å². The predicted molar refractivity (Wildman–Crippen MR) is 72.4 cm³/mol. The molecule has 4 nitrogen and oxygen atoms in total. The molecule has 1 aromatic carbocycles. The highest BCUT2D eigenvalue weighted by atomic mass is 15.4. The van der Waals surface area contributed by atoms with Crippen LogP contribution in [0.3, 0.4) is 0 Å². The van der Waals surface area contributed by atoms with Crippen molar-refractivity contribution in [1.29, 1.82) is 0 Å². The fourth-order valence-corrected chi connectivity index (χ4v) is 2.42. The summed E-state index contributed by atoms with van der Waals surface area (Å²) < 4.78 is 1.74. The quantitative estimate of drug-likeness (QED) is 0.893. The average molecular weight is 244 g/mol. The van der Waals surface area contributed by atoms with Crippen molar-refractivity contribution in [3.63, 3.8) is 0 Å². The van der Waals surface area contributed by atoms with E-state index in [2.05, 4.69) is 47.7 Å². The predicted octanol–water partition coefficient (Wildman–Crippen LogP) is 1.94. The molecule has 2 rings (SSSR count). The van der Waals surface area contributed by atoms with E-state index in [1.165, 1.54) is 16.7 Å². The van der Waals surface area contributed by atoms with Gasteiger partial charge in [0.25, 0.3) is 0 Å². The Morgan fingerprint density at radius 3 is 2.44 bits per heavy atom. The van der Waals surface area contributed by atoms with Crippen molar-refractivity contribution >= 4 is 0 Å². The van der Waals surface area contributed by atoms with Crippen LogP contribution in [-0.2, 0) is 13.5 Å². The lowest BCUT2D eigenvalue weighted by Crippen LogP contribution is -2.21. The molecule has 1 heterocycles. The van der Waals surface area contributed by atoms with Gasteiger partial charge in [0.05, 0.1) is 5.69 Å². The zero-order chi connectivity index (χ0) is 13.1. The standard InChI is InChI=1S/C14H20N4/c1-10-6-5-7-11(2)14(10)13(15-3)8-12-9-18(4)17-16-12/h5-7,9,13,15H,8H2,1-4H3. The molecule has 1 N–H and O–H groups in total. The van der Waals surface area contributed by atoms with E-state index in [4.69, 9.17) is 0 Å². The van der Waals surface area contributed by atoms with Crippen LogP contribution in [0.5, 0.6) is 0 Å². The van der Waals surface area contributed by atoms with Crippen molar-refractivity contribution in [3.05, 3.63) is 46.8 Å². The molecule has 18 heavy (non-hydrogen) atoms. The number of rotatable bonds is 4. The third-order valence-electron chi connectivity index (χ3n) is 3.30. The average Bonchev–Trinajstić information content (AvgIpc) is 2.73. The maximum Gasteiger partial charge on any atom is 0.0845 e. The number of nitrogens with zero attached hydrogens (tertiary/aromatic N) is 3. The number of aromatic nitrogens is 3. The lowest BCUT2D eigenvalue weighted by molar-refractivity contribution is 0.577. The van der Waals surface area contributed by atoms with Crippen molar-refractivity contribution in [2.24, 2.45) is 7.05 Å². The van der Waals surface area contributed by atoms with Crippen LogP contribution in [0.2, 0.25) is 0 Å². The van der Waals surface area contributed by atoms with Crippen molar-refractivity contribution in [1.82, 2.24) is 20.3 Å². The monoisotopic (exact) mass is 244 g/mol. The van der Waals surface area contributed by atoms with Crippen molar-refractivity contribution in [3.8, 4) is 0 Å². The molecule has 0 amide bonds. The summed E-state index contributed by atoms with van der Waals surface area (Å²) in [6.07, 6.45) is 2.83. The Labute approximate surface area is 108 Å². The summed E-state index contributed by atoms with van der Waals surface area (Å²) in [4.78, 5) is 0. The minimum Gasteiger partial charge on any atom is -0.313 e. The number of aryl methyl sites for hydroxylation is 3. The maximum atomic E-state index is 4.16. The molecule has 0 aliphatic rings. The molecule has 0 spiro atoms. The molecule has 0 aliphatic carbocycles. The highest BCUT2D eigenvalue weighted by molar-refractivity contribution is 5.36. The molecule has 1 unspecified atom stereocenters. The summed E-state index contributed by atoms with van der Waals surface area (Å²) in [5.41, 5.74) is 5.02. The highest BCUT2D eigenvalue weighted by Crippen LogP contribution is 2.24. The minimum atomic E-state index is 0.280. The van der Waals surface area contributed by atoms with E-state index >= 15 is 0 Å². The first-order chi connectivity index (χ1) is 8.61. The number of nitrogens with one attached hydrogen (secondary N) is 1. The Bertz CT molecular complexity index is 510. The molecule has 0 radical (unpaired) electrons. The van der Waals surface area contributed by atoms with Crippen molar-refractivity contribution < 1.29 is 0 Å². The fraction of sp³-hybridized carbons (Fsp3) is 0.429. The Morgan fingerprint density at radius 1 is 1.28 bits per heavy atom. The second kappa shape index (κ2) is 5.31. The van der Waals surface area contributed by atoms with Crippen LogP contribution in [0.25, 0.3) is 0 Å². The van der Waals surface area contributed by atoms with Gasteiger partial charge < -0.3 is 5.32 Å². The topological polar surface area (TPSA) is 42.7 Å². The smallest absolute Gasteiger partial charge is 0.0845 e.